The molecule has 6 heteroatoms. The number of pyridine rings is 1. The zero-order valence-corrected chi connectivity index (χ0v) is 11.6. The van der Waals surface area contributed by atoms with Crippen molar-refractivity contribution in [1.82, 2.24) is 10.3 Å². The summed E-state index contributed by atoms with van der Waals surface area (Å²) in [6, 6.07) is 10.4. The Bertz CT molecular complexity index is 631. The van der Waals surface area contributed by atoms with Gasteiger partial charge in [-0.15, -0.1) is 0 Å². The summed E-state index contributed by atoms with van der Waals surface area (Å²) in [6.45, 7) is 2.27. The van der Waals surface area contributed by atoms with Gasteiger partial charge in [0.15, 0.2) is 5.84 Å². The van der Waals surface area contributed by atoms with E-state index < -0.39 is 5.82 Å². The Labute approximate surface area is 122 Å². The van der Waals surface area contributed by atoms with Gasteiger partial charge in [0.1, 0.15) is 5.82 Å². The largest absolute Gasteiger partial charge is 0.409 e. The second-order valence-electron chi connectivity index (χ2n) is 4.62. The van der Waals surface area contributed by atoms with Crippen LogP contribution in [0, 0.1) is 5.82 Å². The van der Waals surface area contributed by atoms with E-state index in [1.807, 2.05) is 25.1 Å². The highest BCUT2D eigenvalue weighted by molar-refractivity contribution is 5.97. The van der Waals surface area contributed by atoms with E-state index in [0.29, 0.717) is 12.1 Å². The SMILES string of the molecule is CC(NCc1cccc(/C(N)=N/O)c1F)c1ccccn1. The highest BCUT2D eigenvalue weighted by Crippen LogP contribution is 2.15. The maximum Gasteiger partial charge on any atom is 0.173 e. The van der Waals surface area contributed by atoms with Gasteiger partial charge in [0, 0.05) is 24.3 Å². The summed E-state index contributed by atoms with van der Waals surface area (Å²) in [7, 11) is 0. The molecule has 2 aromatic rings. The molecule has 0 saturated carbocycles. The second kappa shape index (κ2) is 6.81. The fourth-order valence-electron chi connectivity index (χ4n) is 1.97. The number of oxime groups is 1. The highest BCUT2D eigenvalue weighted by atomic mass is 19.1. The van der Waals surface area contributed by atoms with Crippen LogP contribution in [0.3, 0.4) is 0 Å². The van der Waals surface area contributed by atoms with Gasteiger partial charge < -0.3 is 16.3 Å². The quantitative estimate of drug-likeness (QED) is 0.341. The molecular formula is C15H17FN4O. The number of benzene rings is 1. The molecule has 0 saturated heterocycles. The first-order chi connectivity index (χ1) is 10.1. The number of nitrogens with one attached hydrogen (secondary N) is 1. The van der Waals surface area contributed by atoms with Gasteiger partial charge in [-0.25, -0.2) is 4.39 Å². The smallest absolute Gasteiger partial charge is 0.173 e. The summed E-state index contributed by atoms with van der Waals surface area (Å²) in [6.07, 6.45) is 1.72. The van der Waals surface area contributed by atoms with Crippen LogP contribution in [-0.4, -0.2) is 16.0 Å². The molecule has 1 atom stereocenters. The van der Waals surface area contributed by atoms with Crippen LogP contribution < -0.4 is 11.1 Å². The lowest BCUT2D eigenvalue weighted by molar-refractivity contribution is 0.318. The maximum atomic E-state index is 14.2. The zero-order chi connectivity index (χ0) is 15.2. The summed E-state index contributed by atoms with van der Waals surface area (Å²) in [5, 5.41) is 14.7. The van der Waals surface area contributed by atoms with Crippen LogP contribution >= 0.6 is 0 Å². The van der Waals surface area contributed by atoms with Crippen LogP contribution in [0.5, 0.6) is 0 Å². The van der Waals surface area contributed by atoms with E-state index >= 15 is 0 Å². The molecule has 0 fully saturated rings. The van der Waals surface area contributed by atoms with Gasteiger partial charge in [-0.1, -0.05) is 23.4 Å². The van der Waals surface area contributed by atoms with E-state index in [1.165, 1.54) is 6.07 Å². The van der Waals surface area contributed by atoms with Crippen molar-refractivity contribution in [2.24, 2.45) is 10.9 Å². The van der Waals surface area contributed by atoms with Gasteiger partial charge in [-0.3, -0.25) is 4.98 Å². The Balaban J connectivity index is 2.11. The molecule has 0 aliphatic rings. The number of aromatic nitrogens is 1. The van der Waals surface area contributed by atoms with Crippen molar-refractivity contribution in [3.63, 3.8) is 0 Å². The summed E-state index contributed by atoms with van der Waals surface area (Å²) in [4.78, 5) is 4.24. The first-order valence-corrected chi connectivity index (χ1v) is 6.53. The number of nitrogens with two attached hydrogens (primary N) is 1. The lowest BCUT2D eigenvalue weighted by Crippen LogP contribution is -2.21. The average molecular weight is 288 g/mol. The molecule has 4 N–H and O–H groups in total. The van der Waals surface area contributed by atoms with E-state index in [-0.39, 0.29) is 17.4 Å². The Morgan fingerprint density at radius 2 is 2.19 bits per heavy atom. The van der Waals surface area contributed by atoms with Gasteiger partial charge in [-0.2, -0.15) is 0 Å². The van der Waals surface area contributed by atoms with E-state index in [2.05, 4.69) is 15.5 Å². The molecule has 0 spiro atoms. The summed E-state index contributed by atoms with van der Waals surface area (Å²) in [5.74, 6) is -0.736. The maximum absolute atomic E-state index is 14.2. The van der Waals surface area contributed by atoms with Gasteiger partial charge in [0.25, 0.3) is 0 Å². The van der Waals surface area contributed by atoms with Gasteiger partial charge >= 0.3 is 0 Å². The molecule has 1 unspecified atom stereocenters. The van der Waals surface area contributed by atoms with Gasteiger partial charge in [0.05, 0.1) is 11.3 Å². The van der Waals surface area contributed by atoms with Crippen molar-refractivity contribution in [2.45, 2.75) is 19.5 Å². The Kier molecular flexibility index (Phi) is 4.84. The molecule has 5 nitrogen and oxygen atoms in total. The Morgan fingerprint density at radius 3 is 2.86 bits per heavy atom. The van der Waals surface area contributed by atoms with Crippen LogP contribution in [-0.2, 0) is 6.54 Å². The number of hydrogen-bond acceptors (Lipinski definition) is 4. The van der Waals surface area contributed by atoms with Crippen LogP contribution in [0.4, 0.5) is 4.39 Å². The minimum Gasteiger partial charge on any atom is -0.409 e. The van der Waals surface area contributed by atoms with Crippen molar-refractivity contribution in [1.29, 1.82) is 0 Å². The van der Waals surface area contributed by atoms with E-state index in [4.69, 9.17) is 10.9 Å². The minimum atomic E-state index is -0.492. The average Bonchev–Trinajstić information content (AvgIpc) is 2.53. The molecule has 110 valence electrons. The molecule has 1 aromatic carbocycles. The zero-order valence-electron chi connectivity index (χ0n) is 11.6. The molecule has 1 aromatic heterocycles. The predicted molar refractivity (Wildman–Crippen MR) is 78.4 cm³/mol. The topological polar surface area (TPSA) is 83.5 Å². The molecule has 21 heavy (non-hydrogen) atoms. The third-order valence-electron chi connectivity index (χ3n) is 3.19. The van der Waals surface area contributed by atoms with Crippen molar-refractivity contribution >= 4 is 5.84 Å². The van der Waals surface area contributed by atoms with E-state index in [0.717, 1.165) is 5.69 Å². The molecule has 0 radical (unpaired) electrons. The fraction of sp³-hybridized carbons (Fsp3) is 0.200. The molecule has 1 heterocycles. The summed E-state index contributed by atoms with van der Waals surface area (Å²) < 4.78 is 14.2. The second-order valence-corrected chi connectivity index (χ2v) is 4.62. The van der Waals surface area contributed by atoms with Crippen molar-refractivity contribution in [3.05, 3.63) is 65.2 Å². The monoisotopic (exact) mass is 288 g/mol. The van der Waals surface area contributed by atoms with E-state index in [9.17, 15) is 4.39 Å². The van der Waals surface area contributed by atoms with Crippen LogP contribution in [0.25, 0.3) is 0 Å². The first kappa shape index (κ1) is 14.9. The van der Waals surface area contributed by atoms with Gasteiger partial charge in [-0.05, 0) is 25.1 Å². The van der Waals surface area contributed by atoms with Crippen LogP contribution in [0.2, 0.25) is 0 Å². The third-order valence-corrected chi connectivity index (χ3v) is 3.19. The lowest BCUT2D eigenvalue weighted by Gasteiger charge is -2.14. The number of hydrogen-bond donors (Lipinski definition) is 3. The molecule has 0 aliphatic carbocycles. The van der Waals surface area contributed by atoms with Crippen molar-refractivity contribution < 1.29 is 9.60 Å². The number of rotatable bonds is 5. The number of halogens is 1. The minimum absolute atomic E-state index is 0.0156. The highest BCUT2D eigenvalue weighted by Gasteiger charge is 2.12. The summed E-state index contributed by atoms with van der Waals surface area (Å²) in [5.41, 5.74) is 6.85. The standard InChI is InChI=1S/C15H17FN4O/c1-10(13-7-2-3-8-18-13)19-9-11-5-4-6-12(14(11)16)15(17)20-21/h2-8,10,19,21H,9H2,1H3,(H2,17,20). The normalized spacial score (nSPS) is 13.1. The van der Waals surface area contributed by atoms with Crippen molar-refractivity contribution in [2.75, 3.05) is 0 Å². The molecular weight excluding hydrogens is 271 g/mol. The molecule has 2 rings (SSSR count). The fourth-order valence-corrected chi connectivity index (χ4v) is 1.97. The van der Waals surface area contributed by atoms with Crippen molar-refractivity contribution in [3.8, 4) is 0 Å². The summed E-state index contributed by atoms with van der Waals surface area (Å²) >= 11 is 0. The van der Waals surface area contributed by atoms with Crippen LogP contribution in [0.1, 0.15) is 29.8 Å². The number of nitrogens with zero attached hydrogens (tertiary/aromatic N) is 2. The Hall–Kier alpha value is -2.47. The van der Waals surface area contributed by atoms with E-state index in [1.54, 1.807) is 18.3 Å². The molecule has 0 bridgehead atoms. The first-order valence-electron chi connectivity index (χ1n) is 6.53. The van der Waals surface area contributed by atoms with Crippen LogP contribution in [0.15, 0.2) is 47.8 Å². The third kappa shape index (κ3) is 3.55. The number of amidine groups is 1. The molecule has 0 amide bonds. The predicted octanol–water partition coefficient (Wildman–Crippen LogP) is 2.17. The molecule has 0 aliphatic heterocycles. The van der Waals surface area contributed by atoms with Gasteiger partial charge in [0.2, 0.25) is 0 Å². The Morgan fingerprint density at radius 1 is 1.38 bits per heavy atom. The lowest BCUT2D eigenvalue weighted by atomic mass is 10.1.